The molecule has 0 unspecified atom stereocenters. The molecule has 0 radical (unpaired) electrons. The molecule has 3 aromatic rings. The lowest BCUT2D eigenvalue weighted by Crippen LogP contribution is -2.50. The van der Waals surface area contributed by atoms with E-state index in [4.69, 9.17) is 0 Å². The molecule has 2 aromatic carbocycles. The maximum absolute atomic E-state index is 12.3. The third kappa shape index (κ3) is 4.78. The molecule has 11 nitrogen and oxygen atoms in total. The van der Waals surface area contributed by atoms with Gasteiger partial charge in [0.25, 0.3) is 5.91 Å². The number of nitrogens with one attached hydrogen (secondary N) is 3. The van der Waals surface area contributed by atoms with E-state index in [0.29, 0.717) is 16.9 Å². The zero-order valence-corrected chi connectivity index (χ0v) is 16.8. The van der Waals surface area contributed by atoms with Crippen LogP contribution in [0.4, 0.5) is 11.4 Å². The van der Waals surface area contributed by atoms with E-state index in [1.165, 1.54) is 18.5 Å². The first-order valence-electron chi connectivity index (χ1n) is 9.75. The molecule has 1 aromatic heterocycles. The molecule has 4 amide bonds. The summed E-state index contributed by atoms with van der Waals surface area (Å²) in [7, 11) is 0. The Morgan fingerprint density at radius 3 is 2.38 bits per heavy atom. The molecule has 32 heavy (non-hydrogen) atoms. The van der Waals surface area contributed by atoms with E-state index in [-0.39, 0.29) is 37.1 Å². The van der Waals surface area contributed by atoms with Gasteiger partial charge in [-0.05, 0) is 48.5 Å². The Hall–Kier alpha value is -4.54. The molecule has 11 heteroatoms. The van der Waals surface area contributed by atoms with E-state index in [1.807, 2.05) is 0 Å². The second kappa shape index (κ2) is 9.08. The number of carbonyl (C=O) groups excluding carboxylic acids is 4. The Kier molecular flexibility index (Phi) is 5.88. The molecule has 0 spiro atoms. The van der Waals surface area contributed by atoms with Gasteiger partial charge in [0.15, 0.2) is 0 Å². The average molecular weight is 433 g/mol. The Labute approximate surface area is 182 Å². The molecule has 4 rings (SSSR count). The lowest BCUT2D eigenvalue weighted by atomic mass is 10.1. The summed E-state index contributed by atoms with van der Waals surface area (Å²) in [6, 6.07) is 13.1. The van der Waals surface area contributed by atoms with Crippen LogP contribution in [0.25, 0.3) is 5.69 Å². The fourth-order valence-corrected chi connectivity index (χ4v) is 3.05. The van der Waals surface area contributed by atoms with Crippen LogP contribution in [-0.4, -0.2) is 44.9 Å². The van der Waals surface area contributed by atoms with E-state index in [2.05, 4.69) is 26.1 Å². The maximum Gasteiger partial charge on any atom is 0.251 e. The monoisotopic (exact) mass is 433 g/mol. The van der Waals surface area contributed by atoms with Crippen LogP contribution in [0.3, 0.4) is 0 Å². The van der Waals surface area contributed by atoms with E-state index in [1.54, 1.807) is 47.4 Å². The van der Waals surface area contributed by atoms with E-state index in [0.717, 1.165) is 10.7 Å². The summed E-state index contributed by atoms with van der Waals surface area (Å²) in [6.45, 7) is -0.216. The largest absolute Gasteiger partial charge is 0.343 e. The molecular weight excluding hydrogens is 414 g/mol. The van der Waals surface area contributed by atoms with Crippen molar-refractivity contribution in [2.75, 3.05) is 16.9 Å². The Morgan fingerprint density at radius 1 is 0.969 bits per heavy atom. The minimum Gasteiger partial charge on any atom is -0.343 e. The highest BCUT2D eigenvalue weighted by molar-refractivity contribution is 6.02. The highest BCUT2D eigenvalue weighted by atomic mass is 16.2. The van der Waals surface area contributed by atoms with Crippen molar-refractivity contribution in [2.24, 2.45) is 0 Å². The summed E-state index contributed by atoms with van der Waals surface area (Å²) < 4.78 is 1.59. The summed E-state index contributed by atoms with van der Waals surface area (Å²) in [6.07, 6.45) is 3.28. The number of benzene rings is 2. The number of hydrogen-bond donors (Lipinski definition) is 3. The summed E-state index contributed by atoms with van der Waals surface area (Å²) in [5.74, 6) is -1.30. The molecule has 3 N–H and O–H groups in total. The number of amides is 4. The molecule has 1 aliphatic rings. The minimum atomic E-state index is -0.442. The van der Waals surface area contributed by atoms with Crippen LogP contribution < -0.4 is 21.1 Å². The number of nitrogens with zero attached hydrogens (tertiary/aromatic N) is 4. The van der Waals surface area contributed by atoms with Crippen LogP contribution in [-0.2, 0) is 14.4 Å². The number of rotatable bonds is 6. The third-order valence-electron chi connectivity index (χ3n) is 4.68. The predicted molar refractivity (Wildman–Crippen MR) is 114 cm³/mol. The minimum absolute atomic E-state index is 0.131. The van der Waals surface area contributed by atoms with E-state index in [9.17, 15) is 19.2 Å². The number of hydrazine groups is 1. The van der Waals surface area contributed by atoms with Gasteiger partial charge in [-0.1, -0.05) is 0 Å². The van der Waals surface area contributed by atoms with Crippen LogP contribution in [0.5, 0.6) is 0 Å². The molecular formula is C21H19N7O4. The van der Waals surface area contributed by atoms with Gasteiger partial charge in [-0.25, -0.2) is 14.7 Å². The second-order valence-corrected chi connectivity index (χ2v) is 6.93. The first kappa shape index (κ1) is 20.7. The first-order valence-corrected chi connectivity index (χ1v) is 9.75. The Bertz CT molecular complexity index is 1140. The quantitative estimate of drug-likeness (QED) is 0.526. The average Bonchev–Trinajstić information content (AvgIpc) is 3.35. The van der Waals surface area contributed by atoms with Crippen molar-refractivity contribution in [1.82, 2.24) is 25.5 Å². The Balaban J connectivity index is 1.29. The lowest BCUT2D eigenvalue weighted by molar-refractivity contribution is -0.130. The zero-order chi connectivity index (χ0) is 22.5. The molecule has 1 fully saturated rings. The standard InChI is InChI=1S/C21H19N7O4/c29-18-9-10-20(31)28(26-18)17-5-1-14(2-6-17)21(32)23-11-19(30)25-15-3-7-16(8-4-15)27-13-22-12-24-27/h1-8,12-13H,9-11H2,(H,23,32)(H,25,30)(H,26,29). The van der Waals surface area contributed by atoms with Crippen molar-refractivity contribution in [2.45, 2.75) is 12.8 Å². The number of hydrogen-bond acceptors (Lipinski definition) is 6. The van der Waals surface area contributed by atoms with Crippen molar-refractivity contribution in [3.63, 3.8) is 0 Å². The van der Waals surface area contributed by atoms with Gasteiger partial charge >= 0.3 is 0 Å². The van der Waals surface area contributed by atoms with Crippen molar-refractivity contribution in [3.05, 3.63) is 66.7 Å². The molecule has 1 saturated heterocycles. The van der Waals surface area contributed by atoms with Crippen molar-refractivity contribution in [1.29, 1.82) is 0 Å². The molecule has 0 saturated carbocycles. The van der Waals surface area contributed by atoms with Crippen LogP contribution in [0, 0.1) is 0 Å². The third-order valence-corrected chi connectivity index (χ3v) is 4.68. The smallest absolute Gasteiger partial charge is 0.251 e. The lowest BCUT2D eigenvalue weighted by Gasteiger charge is -2.27. The van der Waals surface area contributed by atoms with Gasteiger partial charge in [-0.15, -0.1) is 0 Å². The fraction of sp³-hybridized carbons (Fsp3) is 0.143. The van der Waals surface area contributed by atoms with Crippen molar-refractivity contribution < 1.29 is 19.2 Å². The van der Waals surface area contributed by atoms with Crippen LogP contribution >= 0.6 is 0 Å². The van der Waals surface area contributed by atoms with Crippen molar-refractivity contribution >= 4 is 35.0 Å². The molecule has 1 aliphatic heterocycles. The predicted octanol–water partition coefficient (Wildman–Crippen LogP) is 0.794. The van der Waals surface area contributed by atoms with Crippen LogP contribution in [0.1, 0.15) is 23.2 Å². The van der Waals surface area contributed by atoms with Crippen molar-refractivity contribution in [3.8, 4) is 5.69 Å². The maximum atomic E-state index is 12.3. The number of anilines is 2. The van der Waals surface area contributed by atoms with Gasteiger partial charge in [0, 0.05) is 24.1 Å². The van der Waals surface area contributed by atoms with Crippen LogP contribution in [0.2, 0.25) is 0 Å². The normalized spacial score (nSPS) is 13.4. The molecule has 0 bridgehead atoms. The first-order chi connectivity index (χ1) is 15.5. The van der Waals surface area contributed by atoms with Crippen LogP contribution in [0.15, 0.2) is 61.2 Å². The van der Waals surface area contributed by atoms with E-state index < -0.39 is 5.91 Å². The molecule has 0 aliphatic carbocycles. The summed E-state index contributed by atoms with van der Waals surface area (Å²) >= 11 is 0. The van der Waals surface area contributed by atoms with Gasteiger partial charge in [0.2, 0.25) is 17.7 Å². The second-order valence-electron chi connectivity index (χ2n) is 6.93. The number of aromatic nitrogens is 3. The van der Waals surface area contributed by atoms with Gasteiger partial charge in [0.05, 0.1) is 17.9 Å². The summed E-state index contributed by atoms with van der Waals surface area (Å²) in [5.41, 5.74) is 4.62. The molecule has 2 heterocycles. The SMILES string of the molecule is O=C(CNC(=O)c1ccc(N2NC(=O)CCC2=O)cc1)Nc1ccc(-n2cncn2)cc1. The summed E-state index contributed by atoms with van der Waals surface area (Å²) in [4.78, 5) is 51.8. The fourth-order valence-electron chi connectivity index (χ4n) is 3.05. The summed E-state index contributed by atoms with van der Waals surface area (Å²) in [5, 5.41) is 10.4. The Morgan fingerprint density at radius 2 is 1.69 bits per heavy atom. The van der Waals surface area contributed by atoms with E-state index >= 15 is 0 Å². The molecule has 0 atom stereocenters. The van der Waals surface area contributed by atoms with Gasteiger partial charge < -0.3 is 10.6 Å². The van der Waals surface area contributed by atoms with Gasteiger partial charge in [-0.2, -0.15) is 5.10 Å². The highest BCUT2D eigenvalue weighted by Gasteiger charge is 2.24. The van der Waals surface area contributed by atoms with Gasteiger partial charge in [0.1, 0.15) is 12.7 Å². The zero-order valence-electron chi connectivity index (χ0n) is 16.8. The number of carbonyl (C=O) groups is 4. The van der Waals surface area contributed by atoms with Gasteiger partial charge in [-0.3, -0.25) is 24.6 Å². The molecule has 162 valence electrons. The topological polar surface area (TPSA) is 138 Å². The highest BCUT2D eigenvalue weighted by Crippen LogP contribution is 2.18.